The first kappa shape index (κ1) is 6.21. The summed E-state index contributed by atoms with van der Waals surface area (Å²) in [6.07, 6.45) is 11.0. The Morgan fingerprint density at radius 1 is 1.50 bits per heavy atom. The van der Waals surface area contributed by atoms with E-state index < -0.39 is 0 Å². The Morgan fingerprint density at radius 2 is 2.30 bits per heavy atom. The molecule has 0 heteroatoms. The van der Waals surface area contributed by atoms with Crippen molar-refractivity contribution in [2.75, 3.05) is 0 Å². The van der Waals surface area contributed by atoms with Gasteiger partial charge in [-0.1, -0.05) is 12.2 Å². The van der Waals surface area contributed by atoms with Gasteiger partial charge in [0.1, 0.15) is 0 Å². The summed E-state index contributed by atoms with van der Waals surface area (Å²) in [7, 11) is 0. The molecule has 2 rings (SSSR count). The molecular weight excluding hydrogens is 120 g/mol. The molecular formula is C10H13. The number of hydrogen-bond donors (Lipinski definition) is 0. The maximum absolute atomic E-state index is 2.43. The van der Waals surface area contributed by atoms with Crippen molar-refractivity contribution in [1.29, 1.82) is 0 Å². The van der Waals surface area contributed by atoms with E-state index in [1.165, 1.54) is 24.8 Å². The molecule has 0 unspecified atom stereocenters. The maximum Gasteiger partial charge on any atom is -0.00499 e. The summed E-state index contributed by atoms with van der Waals surface area (Å²) in [5, 5.41) is 0. The van der Waals surface area contributed by atoms with Crippen LogP contribution >= 0.6 is 0 Å². The van der Waals surface area contributed by atoms with Crippen LogP contribution in [-0.4, -0.2) is 0 Å². The van der Waals surface area contributed by atoms with Crippen molar-refractivity contribution in [1.82, 2.24) is 0 Å². The van der Waals surface area contributed by atoms with Gasteiger partial charge >= 0.3 is 0 Å². The second-order valence-electron chi connectivity index (χ2n) is 3.18. The van der Waals surface area contributed by atoms with Crippen LogP contribution in [0.4, 0.5) is 0 Å². The van der Waals surface area contributed by atoms with Crippen LogP contribution in [0.15, 0.2) is 23.3 Å². The van der Waals surface area contributed by atoms with Gasteiger partial charge in [0.15, 0.2) is 0 Å². The molecule has 0 nitrogen and oxygen atoms in total. The average Bonchev–Trinajstić information content (AvgIpc) is 2.64. The average molecular weight is 133 g/mol. The van der Waals surface area contributed by atoms with Gasteiger partial charge in [-0.3, -0.25) is 0 Å². The normalized spacial score (nSPS) is 32.9. The van der Waals surface area contributed by atoms with Crippen molar-refractivity contribution in [2.45, 2.75) is 26.2 Å². The van der Waals surface area contributed by atoms with E-state index in [0.29, 0.717) is 0 Å². The van der Waals surface area contributed by atoms with Gasteiger partial charge in [0.2, 0.25) is 0 Å². The molecule has 10 heavy (non-hydrogen) atoms. The van der Waals surface area contributed by atoms with E-state index in [9.17, 15) is 0 Å². The lowest BCUT2D eigenvalue weighted by Crippen LogP contribution is -2.03. The van der Waals surface area contributed by atoms with Gasteiger partial charge < -0.3 is 0 Å². The first-order valence-corrected chi connectivity index (χ1v) is 4.11. The highest BCUT2D eigenvalue weighted by Gasteiger charge is 2.23. The Bertz CT molecular complexity index is 192. The van der Waals surface area contributed by atoms with Crippen LogP contribution in [0.3, 0.4) is 0 Å². The molecule has 53 valence electrons. The summed E-state index contributed by atoms with van der Waals surface area (Å²) in [4.78, 5) is 0. The number of hydrogen-bond acceptors (Lipinski definition) is 0. The molecule has 0 atom stereocenters. The van der Waals surface area contributed by atoms with Gasteiger partial charge in [-0.15, -0.1) is 0 Å². The standard InChI is InChI=1S/C10H13/c1-2-9-5-6-10(9)7-8-3-4-8/h2,6-8H,3-5H2,1H3. The molecule has 0 N–H and O–H groups in total. The van der Waals surface area contributed by atoms with Crippen LogP contribution in [0.25, 0.3) is 0 Å². The van der Waals surface area contributed by atoms with Gasteiger partial charge in [0, 0.05) is 0 Å². The van der Waals surface area contributed by atoms with Crippen molar-refractivity contribution in [3.63, 3.8) is 0 Å². The molecule has 0 amide bonds. The van der Waals surface area contributed by atoms with Crippen molar-refractivity contribution in [3.05, 3.63) is 29.7 Å². The second kappa shape index (κ2) is 2.26. The van der Waals surface area contributed by atoms with E-state index in [0.717, 1.165) is 5.92 Å². The topological polar surface area (TPSA) is 0 Å². The lowest BCUT2D eigenvalue weighted by atomic mass is 9.84. The summed E-state index contributed by atoms with van der Waals surface area (Å²) < 4.78 is 0. The molecule has 0 spiro atoms. The Labute approximate surface area is 62.6 Å². The lowest BCUT2D eigenvalue weighted by molar-refractivity contribution is 0.973. The zero-order chi connectivity index (χ0) is 6.97. The SMILES string of the molecule is CC=C1C[CH]C1=CC1CC1. The van der Waals surface area contributed by atoms with Crippen molar-refractivity contribution >= 4 is 0 Å². The number of allylic oxidation sites excluding steroid dienone is 4. The Balaban J connectivity index is 2.04. The summed E-state index contributed by atoms with van der Waals surface area (Å²) in [6.45, 7) is 2.13. The van der Waals surface area contributed by atoms with E-state index in [1.54, 1.807) is 5.57 Å². The molecule has 0 saturated heterocycles. The van der Waals surface area contributed by atoms with Crippen molar-refractivity contribution < 1.29 is 0 Å². The maximum atomic E-state index is 2.43. The quantitative estimate of drug-likeness (QED) is 0.516. The fourth-order valence-corrected chi connectivity index (χ4v) is 1.31. The highest BCUT2D eigenvalue weighted by molar-refractivity contribution is 5.48. The minimum atomic E-state index is 0.932. The molecule has 0 aromatic rings. The fourth-order valence-electron chi connectivity index (χ4n) is 1.31. The van der Waals surface area contributed by atoms with Crippen LogP contribution in [0, 0.1) is 12.3 Å². The van der Waals surface area contributed by atoms with Gasteiger partial charge in [-0.25, -0.2) is 0 Å². The van der Waals surface area contributed by atoms with Crippen LogP contribution in [0.1, 0.15) is 26.2 Å². The molecule has 0 aromatic carbocycles. The van der Waals surface area contributed by atoms with E-state index in [1.807, 2.05) is 0 Å². The molecule has 2 aliphatic rings. The molecule has 2 fully saturated rings. The lowest BCUT2D eigenvalue weighted by Gasteiger charge is -2.20. The molecule has 0 aliphatic heterocycles. The molecule has 0 aromatic heterocycles. The van der Waals surface area contributed by atoms with Crippen LogP contribution in [-0.2, 0) is 0 Å². The van der Waals surface area contributed by atoms with Crippen LogP contribution in [0.2, 0.25) is 0 Å². The third kappa shape index (κ3) is 1.03. The zero-order valence-corrected chi connectivity index (χ0v) is 6.43. The first-order valence-electron chi connectivity index (χ1n) is 4.11. The van der Waals surface area contributed by atoms with Crippen LogP contribution in [0.5, 0.6) is 0 Å². The van der Waals surface area contributed by atoms with E-state index in [-0.39, 0.29) is 0 Å². The van der Waals surface area contributed by atoms with Gasteiger partial charge in [0.05, 0.1) is 0 Å². The Hall–Kier alpha value is -0.520. The smallest absolute Gasteiger partial charge is 0.00499 e. The minimum absolute atomic E-state index is 0.932. The van der Waals surface area contributed by atoms with E-state index >= 15 is 0 Å². The molecule has 2 saturated carbocycles. The van der Waals surface area contributed by atoms with Gasteiger partial charge in [-0.05, 0) is 49.7 Å². The van der Waals surface area contributed by atoms with E-state index in [4.69, 9.17) is 0 Å². The second-order valence-corrected chi connectivity index (χ2v) is 3.18. The van der Waals surface area contributed by atoms with Crippen LogP contribution < -0.4 is 0 Å². The number of rotatable bonds is 1. The zero-order valence-electron chi connectivity index (χ0n) is 6.43. The highest BCUT2D eigenvalue weighted by atomic mass is 14.3. The van der Waals surface area contributed by atoms with Crippen molar-refractivity contribution in [2.24, 2.45) is 5.92 Å². The largest absolute Gasteiger partial charge is 0.0841 e. The molecule has 2 aliphatic carbocycles. The Kier molecular flexibility index (Phi) is 1.40. The molecule has 0 bridgehead atoms. The highest BCUT2D eigenvalue weighted by Crippen LogP contribution is 2.38. The van der Waals surface area contributed by atoms with Gasteiger partial charge in [0.25, 0.3) is 0 Å². The third-order valence-corrected chi connectivity index (χ3v) is 2.30. The monoisotopic (exact) mass is 133 g/mol. The van der Waals surface area contributed by atoms with E-state index in [2.05, 4.69) is 25.5 Å². The van der Waals surface area contributed by atoms with Gasteiger partial charge in [-0.2, -0.15) is 0 Å². The summed E-state index contributed by atoms with van der Waals surface area (Å²) in [6, 6.07) is 0. The summed E-state index contributed by atoms with van der Waals surface area (Å²) in [5.74, 6) is 0.932. The molecule has 0 heterocycles. The minimum Gasteiger partial charge on any atom is -0.0841 e. The predicted molar refractivity (Wildman–Crippen MR) is 43.5 cm³/mol. The third-order valence-electron chi connectivity index (χ3n) is 2.30. The summed E-state index contributed by atoms with van der Waals surface area (Å²) in [5.41, 5.74) is 3.07. The fraction of sp³-hybridized carbons (Fsp3) is 0.500. The molecule has 1 radical (unpaired) electrons. The first-order chi connectivity index (χ1) is 4.90. The Morgan fingerprint density at radius 3 is 2.70 bits per heavy atom. The summed E-state index contributed by atoms with van der Waals surface area (Å²) >= 11 is 0. The van der Waals surface area contributed by atoms with Crippen molar-refractivity contribution in [3.8, 4) is 0 Å². The predicted octanol–water partition coefficient (Wildman–Crippen LogP) is 2.88.